The summed E-state index contributed by atoms with van der Waals surface area (Å²) in [5.74, 6) is -1.51. The number of benzene rings is 2. The molecule has 0 radical (unpaired) electrons. The highest BCUT2D eigenvalue weighted by Crippen LogP contribution is 2.36. The molecule has 0 spiro atoms. The minimum Gasteiger partial charge on any atom is -0.480 e. The molecule has 0 amide bonds. The Labute approximate surface area is 148 Å². The largest absolute Gasteiger partial charge is 0.480 e. The van der Waals surface area contributed by atoms with Crippen LogP contribution in [0, 0.1) is 5.82 Å². The molecule has 0 saturated heterocycles. The number of hydrogen-bond acceptors (Lipinski definition) is 3. The number of likely N-dealkylation sites (N-methyl/N-ethyl adjacent to an activating group) is 1. The molecule has 3 rings (SSSR count). The molecule has 1 aliphatic heterocycles. The summed E-state index contributed by atoms with van der Waals surface area (Å²) in [6.45, 7) is 0. The summed E-state index contributed by atoms with van der Waals surface area (Å²) >= 11 is 12.0. The molecule has 1 heterocycles. The van der Waals surface area contributed by atoms with Crippen LogP contribution in [0.15, 0.2) is 48.5 Å². The van der Waals surface area contributed by atoms with Crippen molar-refractivity contribution in [2.24, 2.45) is 0 Å². The van der Waals surface area contributed by atoms with Crippen molar-refractivity contribution in [1.82, 2.24) is 5.01 Å². The molecule has 1 atom stereocenters. The summed E-state index contributed by atoms with van der Waals surface area (Å²) in [7, 11) is 1.64. The summed E-state index contributed by atoms with van der Waals surface area (Å²) in [4.78, 5) is 11.5. The molecule has 0 saturated carbocycles. The van der Waals surface area contributed by atoms with Crippen LogP contribution in [0.2, 0.25) is 10.0 Å². The minimum absolute atomic E-state index is 0.235. The molecule has 124 valence electrons. The first-order valence-electron chi connectivity index (χ1n) is 7.06. The molecule has 0 aromatic heterocycles. The lowest BCUT2D eigenvalue weighted by atomic mass is 10.1. The van der Waals surface area contributed by atoms with Gasteiger partial charge in [0.2, 0.25) is 0 Å². The van der Waals surface area contributed by atoms with Crippen LogP contribution in [-0.4, -0.2) is 29.2 Å². The van der Waals surface area contributed by atoms with Crippen LogP contribution in [0.25, 0.3) is 5.70 Å². The van der Waals surface area contributed by atoms with E-state index in [1.165, 1.54) is 12.1 Å². The number of aliphatic carboxylic acids is 1. The second kappa shape index (κ2) is 6.43. The van der Waals surface area contributed by atoms with Crippen LogP contribution < -0.4 is 5.01 Å². The predicted molar refractivity (Wildman–Crippen MR) is 92.5 cm³/mol. The lowest BCUT2D eigenvalue weighted by Crippen LogP contribution is -2.42. The topological polar surface area (TPSA) is 43.8 Å². The van der Waals surface area contributed by atoms with Gasteiger partial charge in [-0.15, -0.1) is 0 Å². The molecule has 24 heavy (non-hydrogen) atoms. The maximum absolute atomic E-state index is 13.7. The van der Waals surface area contributed by atoms with E-state index >= 15 is 0 Å². The van der Waals surface area contributed by atoms with Gasteiger partial charge in [-0.2, -0.15) is 0 Å². The van der Waals surface area contributed by atoms with Gasteiger partial charge < -0.3 is 5.11 Å². The Morgan fingerprint density at radius 2 is 1.92 bits per heavy atom. The number of anilines is 1. The van der Waals surface area contributed by atoms with Crippen molar-refractivity contribution in [3.8, 4) is 0 Å². The lowest BCUT2D eigenvalue weighted by molar-refractivity contribution is -0.140. The molecular weight excluding hydrogens is 354 g/mol. The van der Waals surface area contributed by atoms with E-state index in [-0.39, 0.29) is 5.02 Å². The van der Waals surface area contributed by atoms with Crippen LogP contribution in [0.3, 0.4) is 0 Å². The van der Waals surface area contributed by atoms with Crippen LogP contribution in [0.5, 0.6) is 0 Å². The number of hydrazine groups is 1. The number of nitrogens with zero attached hydrogens (tertiary/aromatic N) is 2. The number of carboxylic acid groups (broad SMARTS) is 1. The van der Waals surface area contributed by atoms with Crippen LogP contribution >= 0.6 is 23.2 Å². The first-order valence-corrected chi connectivity index (χ1v) is 7.82. The zero-order chi connectivity index (χ0) is 17.4. The molecule has 1 unspecified atom stereocenters. The maximum atomic E-state index is 13.7. The van der Waals surface area contributed by atoms with Crippen molar-refractivity contribution >= 4 is 40.6 Å². The highest BCUT2D eigenvalue weighted by Gasteiger charge is 2.35. The van der Waals surface area contributed by atoms with Gasteiger partial charge in [-0.25, -0.2) is 9.40 Å². The average molecular weight is 367 g/mol. The summed E-state index contributed by atoms with van der Waals surface area (Å²) in [5.41, 5.74) is 1.67. The molecule has 4 nitrogen and oxygen atoms in total. The van der Waals surface area contributed by atoms with Gasteiger partial charge in [-0.05, 0) is 42.5 Å². The zero-order valence-electron chi connectivity index (χ0n) is 12.6. The lowest BCUT2D eigenvalue weighted by Gasteiger charge is -2.31. The predicted octanol–water partition coefficient (Wildman–Crippen LogP) is 4.29. The molecule has 2 aromatic rings. The number of halogens is 3. The average Bonchev–Trinajstić information content (AvgIpc) is 2.84. The van der Waals surface area contributed by atoms with Crippen LogP contribution in [-0.2, 0) is 4.79 Å². The quantitative estimate of drug-likeness (QED) is 0.879. The normalized spacial score (nSPS) is 17.9. The molecule has 1 aliphatic rings. The van der Waals surface area contributed by atoms with E-state index in [0.717, 1.165) is 0 Å². The second-order valence-electron chi connectivity index (χ2n) is 5.36. The van der Waals surface area contributed by atoms with E-state index in [2.05, 4.69) is 0 Å². The van der Waals surface area contributed by atoms with Gasteiger partial charge >= 0.3 is 5.97 Å². The Kier molecular flexibility index (Phi) is 4.49. The van der Waals surface area contributed by atoms with E-state index in [9.17, 15) is 14.3 Å². The van der Waals surface area contributed by atoms with E-state index in [1.54, 1.807) is 53.5 Å². The summed E-state index contributed by atoms with van der Waals surface area (Å²) < 4.78 is 13.7. The van der Waals surface area contributed by atoms with Crippen molar-refractivity contribution in [1.29, 1.82) is 0 Å². The van der Waals surface area contributed by atoms with Crippen molar-refractivity contribution in [2.75, 3.05) is 12.1 Å². The second-order valence-corrected chi connectivity index (χ2v) is 6.23. The van der Waals surface area contributed by atoms with Crippen molar-refractivity contribution in [3.63, 3.8) is 0 Å². The molecular formula is C17H13Cl2FN2O2. The Bertz CT molecular complexity index is 821. The van der Waals surface area contributed by atoms with Crippen LogP contribution in [0.1, 0.15) is 5.56 Å². The third-order valence-electron chi connectivity index (χ3n) is 3.73. The highest BCUT2D eigenvalue weighted by molar-refractivity contribution is 6.31. The van der Waals surface area contributed by atoms with Gasteiger partial charge in [0.25, 0.3) is 0 Å². The van der Waals surface area contributed by atoms with Crippen molar-refractivity contribution in [2.45, 2.75) is 6.04 Å². The molecule has 0 fully saturated rings. The molecule has 1 N–H and O–H groups in total. The van der Waals surface area contributed by atoms with Crippen LogP contribution in [0.4, 0.5) is 10.1 Å². The number of carboxylic acids is 1. The van der Waals surface area contributed by atoms with Gasteiger partial charge in [0.1, 0.15) is 11.9 Å². The third kappa shape index (κ3) is 3.11. The number of hydrogen-bond donors (Lipinski definition) is 1. The summed E-state index contributed by atoms with van der Waals surface area (Å²) in [5, 5.41) is 13.4. The maximum Gasteiger partial charge on any atom is 0.326 e. The van der Waals surface area contributed by atoms with E-state index < -0.39 is 17.8 Å². The Morgan fingerprint density at radius 3 is 2.54 bits per heavy atom. The smallest absolute Gasteiger partial charge is 0.326 e. The Morgan fingerprint density at radius 1 is 1.17 bits per heavy atom. The number of carbonyl (C=O) groups is 1. The van der Waals surface area contributed by atoms with Crippen molar-refractivity contribution in [3.05, 3.63) is 70.0 Å². The molecule has 0 bridgehead atoms. The fourth-order valence-electron chi connectivity index (χ4n) is 2.70. The van der Waals surface area contributed by atoms with Gasteiger partial charge in [0.15, 0.2) is 0 Å². The highest BCUT2D eigenvalue weighted by atomic mass is 35.5. The molecule has 2 aromatic carbocycles. The Balaban J connectivity index is 2.14. The molecule has 0 aliphatic carbocycles. The van der Waals surface area contributed by atoms with Crippen molar-refractivity contribution < 1.29 is 14.3 Å². The first kappa shape index (κ1) is 16.8. The van der Waals surface area contributed by atoms with E-state index in [4.69, 9.17) is 23.2 Å². The first-order chi connectivity index (χ1) is 11.4. The standard InChI is InChI=1S/C17H13Cl2FN2O2/c1-21-16(17(23)24)9-15(10-5-12(19)7-13(20)6-10)22(21)14-4-2-3-11(18)8-14/h2-9,16H,1H3,(H,23,24). The molecule has 7 heteroatoms. The number of rotatable bonds is 3. The minimum atomic E-state index is -1.01. The summed E-state index contributed by atoms with van der Waals surface area (Å²) in [6, 6.07) is 10.2. The van der Waals surface area contributed by atoms with Gasteiger partial charge in [-0.1, -0.05) is 29.3 Å². The Hall–Kier alpha value is -2.08. The van der Waals surface area contributed by atoms with E-state index in [1.807, 2.05) is 0 Å². The fraction of sp³-hybridized carbons (Fsp3) is 0.118. The van der Waals surface area contributed by atoms with Gasteiger partial charge in [0.05, 0.1) is 11.4 Å². The fourth-order valence-corrected chi connectivity index (χ4v) is 3.11. The van der Waals surface area contributed by atoms with Gasteiger partial charge in [0, 0.05) is 22.7 Å². The zero-order valence-corrected chi connectivity index (χ0v) is 14.1. The SMILES string of the molecule is CN1C(C(=O)O)C=C(c2cc(F)cc(Cl)c2)N1c1cccc(Cl)c1. The monoisotopic (exact) mass is 366 g/mol. The van der Waals surface area contributed by atoms with Gasteiger partial charge in [-0.3, -0.25) is 9.80 Å². The summed E-state index contributed by atoms with van der Waals surface area (Å²) in [6.07, 6.45) is 1.55. The third-order valence-corrected chi connectivity index (χ3v) is 4.18. The van der Waals surface area contributed by atoms with E-state index in [0.29, 0.717) is 22.0 Å².